The lowest BCUT2D eigenvalue weighted by Crippen LogP contribution is -2.53. The van der Waals surface area contributed by atoms with Gasteiger partial charge in [-0.05, 0) is 54.5 Å². The molecule has 2 aromatic carbocycles. The number of fused-ring (bicyclic) bond motifs is 1. The SMILES string of the molecule is CC(=O)O.N=C(N)N1CCC[C@@H](CNC(=O)C[C@H](NS(=O)(=O)c2ccc3ccccc3c2)C(=O)N(CCNC(=O)CCl)C2CC2)C1. The number of aliphatic carboxylic acids is 1. The monoisotopic (exact) mass is 679 g/mol. The number of guanidine groups is 1. The third-order valence-corrected chi connectivity index (χ3v) is 9.24. The van der Waals surface area contributed by atoms with E-state index in [0.717, 1.165) is 43.4 Å². The van der Waals surface area contributed by atoms with Crippen LogP contribution in [0.5, 0.6) is 0 Å². The number of likely N-dealkylation sites (tertiary alicyclic amines) is 1. The number of carboxylic acid groups (broad SMARTS) is 1. The minimum absolute atomic E-state index is 0.0119. The van der Waals surface area contributed by atoms with Crippen LogP contribution in [0.15, 0.2) is 47.4 Å². The predicted molar refractivity (Wildman–Crippen MR) is 174 cm³/mol. The fourth-order valence-electron chi connectivity index (χ4n) is 5.16. The third kappa shape index (κ3) is 11.4. The molecule has 1 saturated carbocycles. The maximum absolute atomic E-state index is 13.8. The Morgan fingerprint density at radius 3 is 2.39 bits per heavy atom. The summed E-state index contributed by atoms with van der Waals surface area (Å²) in [5.41, 5.74) is 5.62. The number of amides is 3. The maximum Gasteiger partial charge on any atom is 0.300 e. The van der Waals surface area contributed by atoms with Crippen LogP contribution >= 0.6 is 11.6 Å². The third-order valence-electron chi connectivity index (χ3n) is 7.53. The second-order valence-electron chi connectivity index (χ2n) is 11.3. The molecule has 2 atom stereocenters. The molecule has 3 amide bonds. The van der Waals surface area contributed by atoms with Gasteiger partial charge in [0.2, 0.25) is 27.7 Å². The minimum Gasteiger partial charge on any atom is -0.481 e. The van der Waals surface area contributed by atoms with Gasteiger partial charge in [0, 0.05) is 45.7 Å². The quantitative estimate of drug-likeness (QED) is 0.101. The highest BCUT2D eigenvalue weighted by atomic mass is 35.5. The number of rotatable bonds is 13. The van der Waals surface area contributed by atoms with E-state index >= 15 is 0 Å². The molecule has 0 unspecified atom stereocenters. The molecule has 16 heteroatoms. The van der Waals surface area contributed by atoms with Gasteiger partial charge in [-0.1, -0.05) is 30.3 Å². The average molecular weight is 680 g/mol. The Morgan fingerprint density at radius 1 is 1.09 bits per heavy atom. The lowest BCUT2D eigenvalue weighted by atomic mass is 9.98. The van der Waals surface area contributed by atoms with E-state index in [9.17, 15) is 22.8 Å². The van der Waals surface area contributed by atoms with Crippen LogP contribution in [0.3, 0.4) is 0 Å². The predicted octanol–water partition coefficient (Wildman–Crippen LogP) is 1.04. The van der Waals surface area contributed by atoms with Crippen molar-refractivity contribution in [2.24, 2.45) is 11.7 Å². The maximum atomic E-state index is 13.8. The van der Waals surface area contributed by atoms with E-state index in [-0.39, 0.29) is 47.7 Å². The first kappa shape index (κ1) is 36.5. The number of hydrogen-bond acceptors (Lipinski definition) is 7. The topological polar surface area (TPSA) is 215 Å². The number of sulfonamides is 1. The molecular formula is C30H42ClN7O7S. The molecule has 2 aromatic rings. The molecule has 252 valence electrons. The standard InChI is InChI=1S/C28H38ClN7O5S.C2H4O2/c29-16-26(38)32-11-13-36(22-8-9-22)27(39)24(15-25(37)33-17-19-4-3-12-35(18-19)28(30)31)34-42(40,41)23-10-7-20-5-1-2-6-21(20)14-23;1-2(3)4/h1-2,5-7,10,14,19,22,24,34H,3-4,8-9,11-13,15-18H2,(H3,30,31)(H,32,38)(H,33,37);1H3,(H,3,4)/t19-,24-;/m0./s1. The van der Waals surface area contributed by atoms with E-state index in [0.29, 0.717) is 19.6 Å². The van der Waals surface area contributed by atoms with Gasteiger partial charge in [-0.2, -0.15) is 4.72 Å². The molecule has 1 aliphatic carbocycles. The smallest absolute Gasteiger partial charge is 0.300 e. The van der Waals surface area contributed by atoms with E-state index in [1.54, 1.807) is 23.1 Å². The summed E-state index contributed by atoms with van der Waals surface area (Å²) in [7, 11) is -4.18. The Morgan fingerprint density at radius 2 is 1.76 bits per heavy atom. The van der Waals surface area contributed by atoms with Crippen LogP contribution in [0.2, 0.25) is 0 Å². The molecule has 0 bridgehead atoms. The van der Waals surface area contributed by atoms with Crippen molar-refractivity contribution < 1.29 is 32.7 Å². The summed E-state index contributed by atoms with van der Waals surface area (Å²) >= 11 is 5.56. The molecule has 2 aliphatic rings. The fraction of sp³-hybridized carbons (Fsp3) is 0.500. The number of nitrogens with one attached hydrogen (secondary N) is 4. The Balaban J connectivity index is 0.00000136. The van der Waals surface area contributed by atoms with Crippen LogP contribution in [0.4, 0.5) is 0 Å². The zero-order chi connectivity index (χ0) is 33.9. The van der Waals surface area contributed by atoms with Crippen molar-refractivity contribution in [1.29, 1.82) is 5.41 Å². The van der Waals surface area contributed by atoms with Gasteiger partial charge in [-0.25, -0.2) is 8.42 Å². The van der Waals surface area contributed by atoms with Gasteiger partial charge < -0.3 is 31.3 Å². The Labute approximate surface area is 273 Å². The molecular weight excluding hydrogens is 638 g/mol. The number of nitrogens with zero attached hydrogens (tertiary/aromatic N) is 2. The van der Waals surface area contributed by atoms with Crippen molar-refractivity contribution >= 4 is 62.0 Å². The van der Waals surface area contributed by atoms with Gasteiger partial charge in [0.1, 0.15) is 11.9 Å². The summed E-state index contributed by atoms with van der Waals surface area (Å²) in [6.07, 6.45) is 2.79. The molecule has 0 aromatic heterocycles. The van der Waals surface area contributed by atoms with Crippen LogP contribution in [0.25, 0.3) is 10.8 Å². The second kappa shape index (κ2) is 17.1. The van der Waals surface area contributed by atoms with Crippen LogP contribution in [-0.4, -0.2) is 104 Å². The highest BCUT2D eigenvalue weighted by Crippen LogP contribution is 2.28. The van der Waals surface area contributed by atoms with Gasteiger partial charge in [0.25, 0.3) is 5.97 Å². The molecule has 0 radical (unpaired) electrons. The number of nitrogens with two attached hydrogens (primary N) is 1. The summed E-state index contributed by atoms with van der Waals surface area (Å²) in [5.74, 6) is -2.36. The molecule has 4 rings (SSSR count). The van der Waals surface area contributed by atoms with Gasteiger partial charge in [-0.3, -0.25) is 24.6 Å². The molecule has 2 fully saturated rings. The highest BCUT2D eigenvalue weighted by molar-refractivity contribution is 7.89. The zero-order valence-electron chi connectivity index (χ0n) is 25.7. The largest absolute Gasteiger partial charge is 0.481 e. The van der Waals surface area contributed by atoms with E-state index < -0.39 is 40.3 Å². The lowest BCUT2D eigenvalue weighted by Gasteiger charge is -2.33. The number of carbonyl (C=O) groups is 4. The summed E-state index contributed by atoms with van der Waals surface area (Å²) in [6.45, 7) is 2.94. The number of halogens is 1. The summed E-state index contributed by atoms with van der Waals surface area (Å²) in [5, 5.41) is 22.2. The van der Waals surface area contributed by atoms with Crippen molar-refractivity contribution in [1.82, 2.24) is 25.2 Å². The van der Waals surface area contributed by atoms with Gasteiger partial charge >= 0.3 is 0 Å². The summed E-state index contributed by atoms with van der Waals surface area (Å²) in [6, 6.07) is 10.6. The number of carbonyl (C=O) groups excluding carboxylic acids is 3. The van der Waals surface area contributed by atoms with Crippen molar-refractivity contribution in [2.75, 3.05) is 38.6 Å². The normalized spacial score (nSPS) is 16.8. The number of piperidine rings is 1. The van der Waals surface area contributed by atoms with E-state index in [4.69, 9.17) is 32.6 Å². The molecule has 7 N–H and O–H groups in total. The minimum atomic E-state index is -4.18. The van der Waals surface area contributed by atoms with Crippen LogP contribution in [0.1, 0.15) is 39.0 Å². The van der Waals surface area contributed by atoms with Gasteiger partial charge in [0.05, 0.1) is 11.3 Å². The first-order valence-corrected chi connectivity index (χ1v) is 17.0. The van der Waals surface area contributed by atoms with Crippen molar-refractivity contribution in [3.63, 3.8) is 0 Å². The number of carboxylic acids is 1. The number of benzene rings is 2. The number of alkyl halides is 1. The summed E-state index contributed by atoms with van der Waals surface area (Å²) in [4.78, 5) is 50.8. The molecule has 46 heavy (non-hydrogen) atoms. The Kier molecular flexibility index (Phi) is 13.6. The summed E-state index contributed by atoms with van der Waals surface area (Å²) < 4.78 is 29.5. The molecule has 1 heterocycles. The van der Waals surface area contributed by atoms with Crippen molar-refractivity contribution in [3.05, 3.63) is 42.5 Å². The first-order valence-electron chi connectivity index (χ1n) is 15.0. The van der Waals surface area contributed by atoms with Crippen molar-refractivity contribution in [3.8, 4) is 0 Å². The van der Waals surface area contributed by atoms with Crippen LogP contribution < -0.4 is 21.1 Å². The first-order chi connectivity index (χ1) is 21.8. The molecule has 1 aliphatic heterocycles. The molecule has 14 nitrogen and oxygen atoms in total. The van der Waals surface area contributed by atoms with Gasteiger partial charge in [-0.15, -0.1) is 11.6 Å². The van der Waals surface area contributed by atoms with E-state index in [1.807, 2.05) is 12.1 Å². The van der Waals surface area contributed by atoms with Gasteiger partial charge in [0.15, 0.2) is 5.96 Å². The Hall–Kier alpha value is -3.95. The van der Waals surface area contributed by atoms with Crippen LogP contribution in [-0.2, 0) is 29.2 Å². The molecule has 0 spiro atoms. The number of hydrogen-bond donors (Lipinski definition) is 6. The Bertz CT molecular complexity index is 1520. The van der Waals surface area contributed by atoms with Crippen molar-refractivity contribution in [2.45, 2.75) is 56.0 Å². The van der Waals surface area contributed by atoms with E-state index in [2.05, 4.69) is 15.4 Å². The zero-order valence-corrected chi connectivity index (χ0v) is 27.3. The lowest BCUT2D eigenvalue weighted by molar-refractivity contribution is -0.136. The average Bonchev–Trinajstić information content (AvgIpc) is 3.86. The van der Waals surface area contributed by atoms with E-state index in [1.165, 1.54) is 17.0 Å². The molecule has 1 saturated heterocycles. The fourth-order valence-corrected chi connectivity index (χ4v) is 6.48. The van der Waals surface area contributed by atoms with Crippen LogP contribution in [0, 0.1) is 11.3 Å². The highest BCUT2D eigenvalue weighted by Gasteiger charge is 2.38. The second-order valence-corrected chi connectivity index (χ2v) is 13.3.